The van der Waals surface area contributed by atoms with E-state index in [0.29, 0.717) is 6.61 Å². The lowest BCUT2D eigenvalue weighted by molar-refractivity contribution is 0.0777. The second kappa shape index (κ2) is 5.29. The zero-order valence-electron chi connectivity index (χ0n) is 11.7. The normalized spacial score (nSPS) is 12.3. The summed E-state index contributed by atoms with van der Waals surface area (Å²) in [6.45, 7) is 6.05. The summed E-state index contributed by atoms with van der Waals surface area (Å²) < 4.78 is 5.74. The van der Waals surface area contributed by atoms with E-state index in [-0.39, 0.29) is 5.91 Å². The highest BCUT2D eigenvalue weighted by Gasteiger charge is 2.23. The molecular formula is C16H17NO2S. The fraction of sp³-hybridized carbons (Fsp3) is 0.312. The number of fused-ring (bicyclic) bond motifs is 3. The maximum Gasteiger partial charge on any atom is 0.263 e. The van der Waals surface area contributed by atoms with Crippen molar-refractivity contribution >= 4 is 17.2 Å². The Morgan fingerprint density at radius 1 is 1.30 bits per heavy atom. The largest absolute Gasteiger partial charge is 0.488 e. The van der Waals surface area contributed by atoms with Crippen LogP contribution < -0.4 is 4.74 Å². The molecule has 1 aromatic carbocycles. The van der Waals surface area contributed by atoms with Crippen LogP contribution in [0.1, 0.15) is 29.1 Å². The molecule has 2 aromatic rings. The van der Waals surface area contributed by atoms with Gasteiger partial charge in [0.1, 0.15) is 12.4 Å². The number of rotatable bonds is 3. The van der Waals surface area contributed by atoms with Gasteiger partial charge in [0, 0.05) is 29.1 Å². The van der Waals surface area contributed by atoms with Crippen LogP contribution in [0, 0.1) is 0 Å². The quantitative estimate of drug-likeness (QED) is 0.859. The van der Waals surface area contributed by atoms with E-state index in [1.54, 1.807) is 11.3 Å². The fourth-order valence-electron chi connectivity index (χ4n) is 2.47. The SMILES string of the molecule is CCN(CC)C(=O)c1cc2c(s1)-c1ccccc1OC2. The molecule has 1 aromatic heterocycles. The summed E-state index contributed by atoms with van der Waals surface area (Å²) in [6, 6.07) is 9.98. The van der Waals surface area contributed by atoms with Gasteiger partial charge in [-0.05, 0) is 32.0 Å². The van der Waals surface area contributed by atoms with Crippen LogP contribution in [0.3, 0.4) is 0 Å². The van der Waals surface area contributed by atoms with E-state index < -0.39 is 0 Å². The van der Waals surface area contributed by atoms with Gasteiger partial charge in [-0.25, -0.2) is 0 Å². The highest BCUT2D eigenvalue weighted by Crippen LogP contribution is 2.42. The second-order valence-electron chi connectivity index (χ2n) is 4.73. The van der Waals surface area contributed by atoms with Crippen molar-refractivity contribution in [3.8, 4) is 16.2 Å². The summed E-state index contributed by atoms with van der Waals surface area (Å²) in [5.41, 5.74) is 2.21. The fourth-order valence-corrected chi connectivity index (χ4v) is 3.64. The van der Waals surface area contributed by atoms with Gasteiger partial charge in [0.25, 0.3) is 5.91 Å². The molecular weight excluding hydrogens is 270 g/mol. The van der Waals surface area contributed by atoms with Gasteiger partial charge < -0.3 is 9.64 Å². The lowest BCUT2D eigenvalue weighted by atomic mass is 10.1. The van der Waals surface area contributed by atoms with Crippen molar-refractivity contribution in [1.82, 2.24) is 4.90 Å². The Kier molecular flexibility index (Phi) is 3.49. The van der Waals surface area contributed by atoms with Crippen LogP contribution in [0.4, 0.5) is 0 Å². The average molecular weight is 287 g/mol. The highest BCUT2D eigenvalue weighted by atomic mass is 32.1. The lowest BCUT2D eigenvalue weighted by Gasteiger charge is -2.17. The number of para-hydroxylation sites is 1. The summed E-state index contributed by atoms with van der Waals surface area (Å²) in [5, 5.41) is 0. The monoisotopic (exact) mass is 287 g/mol. The van der Waals surface area contributed by atoms with E-state index in [1.807, 2.05) is 43.0 Å². The zero-order valence-corrected chi connectivity index (χ0v) is 12.5. The molecule has 3 nitrogen and oxygen atoms in total. The Morgan fingerprint density at radius 3 is 2.80 bits per heavy atom. The first-order valence-corrected chi connectivity index (χ1v) is 7.70. The standard InChI is InChI=1S/C16H17NO2S/c1-3-17(4-2)16(18)14-9-11-10-19-13-8-6-5-7-12(13)15(11)20-14/h5-9H,3-4,10H2,1-2H3. The van der Waals surface area contributed by atoms with Gasteiger partial charge in [0.15, 0.2) is 0 Å². The minimum Gasteiger partial charge on any atom is -0.488 e. The van der Waals surface area contributed by atoms with Crippen LogP contribution >= 0.6 is 11.3 Å². The van der Waals surface area contributed by atoms with Crippen molar-refractivity contribution in [3.63, 3.8) is 0 Å². The Bertz CT molecular complexity index is 644. The molecule has 0 radical (unpaired) electrons. The van der Waals surface area contributed by atoms with Crippen molar-refractivity contribution in [3.05, 3.63) is 40.8 Å². The molecule has 1 amide bonds. The Balaban J connectivity index is 2.00. The Labute approximate surface area is 122 Å². The third-order valence-corrected chi connectivity index (χ3v) is 4.78. The first kappa shape index (κ1) is 13.2. The third kappa shape index (κ3) is 2.10. The van der Waals surface area contributed by atoms with E-state index in [1.165, 1.54) is 4.88 Å². The summed E-state index contributed by atoms with van der Waals surface area (Å²) in [4.78, 5) is 16.3. The van der Waals surface area contributed by atoms with E-state index in [9.17, 15) is 4.79 Å². The Hall–Kier alpha value is -1.81. The van der Waals surface area contributed by atoms with E-state index in [4.69, 9.17) is 4.74 Å². The van der Waals surface area contributed by atoms with Crippen molar-refractivity contribution in [2.24, 2.45) is 0 Å². The smallest absolute Gasteiger partial charge is 0.263 e. The van der Waals surface area contributed by atoms with Crippen LogP contribution in [-0.2, 0) is 6.61 Å². The number of benzene rings is 1. The number of hydrogen-bond acceptors (Lipinski definition) is 3. The minimum absolute atomic E-state index is 0.117. The number of carbonyl (C=O) groups is 1. The molecule has 0 bridgehead atoms. The molecule has 0 aliphatic carbocycles. The molecule has 3 rings (SSSR count). The topological polar surface area (TPSA) is 29.5 Å². The van der Waals surface area contributed by atoms with Gasteiger partial charge in [-0.2, -0.15) is 0 Å². The molecule has 20 heavy (non-hydrogen) atoms. The van der Waals surface area contributed by atoms with Crippen molar-refractivity contribution in [1.29, 1.82) is 0 Å². The molecule has 4 heteroatoms. The predicted molar refractivity (Wildman–Crippen MR) is 81.3 cm³/mol. The van der Waals surface area contributed by atoms with Crippen LogP contribution in [0.25, 0.3) is 10.4 Å². The van der Waals surface area contributed by atoms with Crippen LogP contribution in [0.2, 0.25) is 0 Å². The van der Waals surface area contributed by atoms with Gasteiger partial charge >= 0.3 is 0 Å². The zero-order chi connectivity index (χ0) is 14.1. The molecule has 0 unspecified atom stereocenters. The van der Waals surface area contributed by atoms with Gasteiger partial charge in [0.2, 0.25) is 0 Å². The molecule has 104 valence electrons. The maximum atomic E-state index is 12.4. The predicted octanol–water partition coefficient (Wildman–Crippen LogP) is 3.79. The summed E-state index contributed by atoms with van der Waals surface area (Å²) in [7, 11) is 0. The van der Waals surface area contributed by atoms with Gasteiger partial charge in [-0.1, -0.05) is 12.1 Å². The number of ether oxygens (including phenoxy) is 1. The number of carbonyl (C=O) groups excluding carboxylic acids is 1. The first-order chi connectivity index (χ1) is 9.74. The van der Waals surface area contributed by atoms with Gasteiger partial charge in [0.05, 0.1) is 4.88 Å². The number of amides is 1. The van der Waals surface area contributed by atoms with Crippen LogP contribution in [0.15, 0.2) is 30.3 Å². The highest BCUT2D eigenvalue weighted by molar-refractivity contribution is 7.17. The maximum absolute atomic E-state index is 12.4. The third-order valence-electron chi connectivity index (χ3n) is 3.59. The summed E-state index contributed by atoms with van der Waals surface area (Å²) in [6.07, 6.45) is 0. The van der Waals surface area contributed by atoms with Gasteiger partial charge in [-0.3, -0.25) is 4.79 Å². The number of hydrogen-bond donors (Lipinski definition) is 0. The van der Waals surface area contributed by atoms with E-state index in [2.05, 4.69) is 6.07 Å². The van der Waals surface area contributed by atoms with Crippen molar-refractivity contribution < 1.29 is 9.53 Å². The van der Waals surface area contributed by atoms with Crippen LogP contribution in [0.5, 0.6) is 5.75 Å². The Morgan fingerprint density at radius 2 is 2.05 bits per heavy atom. The molecule has 0 saturated carbocycles. The molecule has 2 heterocycles. The molecule has 0 fully saturated rings. The van der Waals surface area contributed by atoms with Crippen LogP contribution in [-0.4, -0.2) is 23.9 Å². The lowest BCUT2D eigenvalue weighted by Crippen LogP contribution is -2.29. The van der Waals surface area contributed by atoms with Crippen molar-refractivity contribution in [2.45, 2.75) is 20.5 Å². The number of nitrogens with zero attached hydrogens (tertiary/aromatic N) is 1. The van der Waals surface area contributed by atoms with Gasteiger partial charge in [-0.15, -0.1) is 11.3 Å². The first-order valence-electron chi connectivity index (χ1n) is 6.88. The molecule has 0 atom stereocenters. The molecule has 0 saturated heterocycles. The second-order valence-corrected chi connectivity index (χ2v) is 5.78. The van der Waals surface area contributed by atoms with Crippen molar-refractivity contribution in [2.75, 3.05) is 13.1 Å². The average Bonchev–Trinajstić information content (AvgIpc) is 2.93. The molecule has 0 spiro atoms. The molecule has 1 aliphatic heterocycles. The summed E-state index contributed by atoms with van der Waals surface area (Å²) in [5.74, 6) is 1.02. The molecule has 1 aliphatic rings. The minimum atomic E-state index is 0.117. The summed E-state index contributed by atoms with van der Waals surface area (Å²) >= 11 is 1.57. The van der Waals surface area contributed by atoms with E-state index >= 15 is 0 Å². The van der Waals surface area contributed by atoms with E-state index in [0.717, 1.165) is 34.8 Å². The number of thiophene rings is 1. The molecule has 0 N–H and O–H groups in total.